The zero-order valence-electron chi connectivity index (χ0n) is 19.9. The van der Waals surface area contributed by atoms with Gasteiger partial charge in [-0.15, -0.1) is 0 Å². The molecule has 0 saturated carbocycles. The van der Waals surface area contributed by atoms with Gasteiger partial charge in [0, 0.05) is 13.1 Å². The Morgan fingerprint density at radius 1 is 1.06 bits per heavy atom. The van der Waals surface area contributed by atoms with Gasteiger partial charge in [-0.3, -0.25) is 13.9 Å². The first kappa shape index (κ1) is 26.2. The lowest BCUT2D eigenvalue weighted by Gasteiger charge is -2.31. The molecule has 8 nitrogen and oxygen atoms in total. The highest BCUT2D eigenvalue weighted by atomic mass is 32.2. The van der Waals surface area contributed by atoms with Crippen molar-refractivity contribution in [1.29, 1.82) is 0 Å². The molecule has 2 aromatic rings. The van der Waals surface area contributed by atoms with Crippen LogP contribution in [0.5, 0.6) is 5.75 Å². The molecule has 2 aromatic carbocycles. The standard InChI is InChI=1S/C24H33N3O5S/c1-6-25-24(29)19(4)26(16-20-11-9-8-10-18(20)3)23(28)17-27(33(5,30)31)21-12-14-22(15-13-21)32-7-2/h8-15,19H,6-7,16-17H2,1-5H3,(H,25,29)/t19-/m1/s1. The summed E-state index contributed by atoms with van der Waals surface area (Å²) in [5.41, 5.74) is 2.20. The van der Waals surface area contributed by atoms with E-state index < -0.39 is 28.5 Å². The third kappa shape index (κ3) is 7.21. The highest BCUT2D eigenvalue weighted by molar-refractivity contribution is 7.92. The van der Waals surface area contributed by atoms with Crippen molar-refractivity contribution >= 4 is 27.5 Å². The molecule has 0 aliphatic rings. The molecule has 0 aliphatic carbocycles. The molecule has 1 N–H and O–H groups in total. The highest BCUT2D eigenvalue weighted by Gasteiger charge is 2.30. The van der Waals surface area contributed by atoms with Gasteiger partial charge in [-0.2, -0.15) is 0 Å². The van der Waals surface area contributed by atoms with Crippen LogP contribution in [-0.2, 0) is 26.2 Å². The van der Waals surface area contributed by atoms with Crippen molar-refractivity contribution in [2.24, 2.45) is 0 Å². The third-order valence-corrected chi connectivity index (χ3v) is 6.38. The fourth-order valence-corrected chi connectivity index (χ4v) is 4.21. The van der Waals surface area contributed by atoms with Gasteiger partial charge in [0.1, 0.15) is 18.3 Å². The van der Waals surface area contributed by atoms with Gasteiger partial charge in [0.25, 0.3) is 0 Å². The zero-order valence-corrected chi connectivity index (χ0v) is 20.7. The molecule has 1 atom stereocenters. The first-order chi connectivity index (χ1) is 15.6. The molecule has 0 bridgehead atoms. The number of aryl methyl sites for hydroxylation is 1. The van der Waals surface area contributed by atoms with Crippen molar-refractivity contribution in [3.63, 3.8) is 0 Å². The molecular weight excluding hydrogens is 442 g/mol. The summed E-state index contributed by atoms with van der Waals surface area (Å²) in [4.78, 5) is 27.4. The average molecular weight is 476 g/mol. The molecule has 0 heterocycles. The average Bonchev–Trinajstić information content (AvgIpc) is 2.76. The number of likely N-dealkylation sites (N-methyl/N-ethyl adjacent to an activating group) is 1. The SMILES string of the molecule is CCNC(=O)[C@@H](C)N(Cc1ccccc1C)C(=O)CN(c1ccc(OCC)cc1)S(C)(=O)=O. The van der Waals surface area contributed by atoms with Gasteiger partial charge in [-0.25, -0.2) is 8.42 Å². The van der Waals surface area contributed by atoms with E-state index in [1.807, 2.05) is 38.1 Å². The molecule has 2 amide bonds. The van der Waals surface area contributed by atoms with Gasteiger partial charge >= 0.3 is 0 Å². The second-order valence-electron chi connectivity index (χ2n) is 7.72. The second kappa shape index (κ2) is 11.7. The fraction of sp³-hybridized carbons (Fsp3) is 0.417. The van der Waals surface area contributed by atoms with E-state index in [1.165, 1.54) is 4.90 Å². The number of carbonyl (C=O) groups is 2. The maximum absolute atomic E-state index is 13.4. The van der Waals surface area contributed by atoms with E-state index in [2.05, 4.69) is 5.32 Å². The van der Waals surface area contributed by atoms with Crippen molar-refractivity contribution in [2.45, 2.75) is 40.3 Å². The topological polar surface area (TPSA) is 96.0 Å². The number of hydrogen-bond acceptors (Lipinski definition) is 5. The van der Waals surface area contributed by atoms with Crippen molar-refractivity contribution in [2.75, 3.05) is 30.3 Å². The Kier molecular flexibility index (Phi) is 9.28. The molecule has 9 heteroatoms. The Hall–Kier alpha value is -3.07. The molecular formula is C24H33N3O5S. The monoisotopic (exact) mass is 475 g/mol. The predicted molar refractivity (Wildman–Crippen MR) is 130 cm³/mol. The van der Waals surface area contributed by atoms with E-state index in [9.17, 15) is 18.0 Å². The minimum atomic E-state index is -3.76. The number of nitrogens with zero attached hydrogens (tertiary/aromatic N) is 2. The number of rotatable bonds is 11. The Balaban J connectivity index is 2.37. The summed E-state index contributed by atoms with van der Waals surface area (Å²) in [5, 5.41) is 2.74. The maximum Gasteiger partial charge on any atom is 0.244 e. The van der Waals surface area contributed by atoms with Crippen LogP contribution in [-0.4, -0.2) is 57.1 Å². The van der Waals surface area contributed by atoms with Gasteiger partial charge in [0.2, 0.25) is 21.8 Å². The van der Waals surface area contributed by atoms with Gasteiger partial charge < -0.3 is 15.0 Å². The van der Waals surface area contributed by atoms with Crippen molar-refractivity contribution in [1.82, 2.24) is 10.2 Å². The minimum absolute atomic E-state index is 0.185. The number of anilines is 1. The lowest BCUT2D eigenvalue weighted by molar-refractivity contribution is -0.139. The largest absolute Gasteiger partial charge is 0.494 e. The summed E-state index contributed by atoms with van der Waals surface area (Å²) in [5.74, 6) is -0.171. The molecule has 180 valence electrons. The van der Waals surface area contributed by atoms with Crippen LogP contribution >= 0.6 is 0 Å². The molecule has 0 radical (unpaired) electrons. The maximum atomic E-state index is 13.4. The van der Waals surface area contributed by atoms with E-state index in [1.54, 1.807) is 38.1 Å². The molecule has 0 spiro atoms. The molecule has 2 rings (SSSR count). The van der Waals surface area contributed by atoms with Crippen molar-refractivity contribution in [3.8, 4) is 5.75 Å². The van der Waals surface area contributed by atoms with Crippen LogP contribution in [0, 0.1) is 6.92 Å². The number of amides is 2. The van der Waals surface area contributed by atoms with Gasteiger partial charge in [0.05, 0.1) is 18.6 Å². The normalized spacial score (nSPS) is 12.0. The predicted octanol–water partition coefficient (Wildman–Crippen LogP) is 2.71. The summed E-state index contributed by atoms with van der Waals surface area (Å²) in [6, 6.07) is 13.3. The Morgan fingerprint density at radius 3 is 2.24 bits per heavy atom. The zero-order chi connectivity index (χ0) is 24.6. The van der Waals surface area contributed by atoms with Crippen molar-refractivity contribution in [3.05, 3.63) is 59.7 Å². The number of sulfonamides is 1. The van der Waals surface area contributed by atoms with Crippen LogP contribution in [0.1, 0.15) is 31.9 Å². The Labute approximate surface area is 196 Å². The number of benzene rings is 2. The number of carbonyl (C=O) groups excluding carboxylic acids is 2. The fourth-order valence-electron chi connectivity index (χ4n) is 3.36. The minimum Gasteiger partial charge on any atom is -0.494 e. The highest BCUT2D eigenvalue weighted by Crippen LogP contribution is 2.23. The van der Waals surface area contributed by atoms with Gasteiger partial charge in [-0.05, 0) is 63.1 Å². The summed E-state index contributed by atoms with van der Waals surface area (Å²) in [6.45, 7) is 7.90. The quantitative estimate of drug-likeness (QED) is 0.539. The van der Waals surface area contributed by atoms with Crippen LogP contribution in [0.15, 0.2) is 48.5 Å². The van der Waals surface area contributed by atoms with Crippen LogP contribution < -0.4 is 14.4 Å². The second-order valence-corrected chi connectivity index (χ2v) is 9.62. The Morgan fingerprint density at radius 2 is 1.70 bits per heavy atom. The molecule has 0 aromatic heterocycles. The summed E-state index contributed by atoms with van der Waals surface area (Å²) >= 11 is 0. The van der Waals surface area contributed by atoms with E-state index in [4.69, 9.17) is 4.74 Å². The van der Waals surface area contributed by atoms with E-state index >= 15 is 0 Å². The van der Waals surface area contributed by atoms with Crippen LogP contribution in [0.4, 0.5) is 5.69 Å². The lowest BCUT2D eigenvalue weighted by Crippen LogP contribution is -2.51. The van der Waals surface area contributed by atoms with Gasteiger partial charge in [-0.1, -0.05) is 24.3 Å². The third-order valence-electron chi connectivity index (χ3n) is 5.24. The van der Waals surface area contributed by atoms with Gasteiger partial charge in [0.15, 0.2) is 0 Å². The Bertz CT molecular complexity index is 1050. The summed E-state index contributed by atoms with van der Waals surface area (Å²) < 4.78 is 31.6. The van der Waals surface area contributed by atoms with Crippen LogP contribution in [0.2, 0.25) is 0 Å². The first-order valence-corrected chi connectivity index (χ1v) is 12.8. The lowest BCUT2D eigenvalue weighted by atomic mass is 10.1. The molecule has 0 fully saturated rings. The smallest absolute Gasteiger partial charge is 0.244 e. The molecule has 0 aliphatic heterocycles. The van der Waals surface area contributed by atoms with E-state index in [0.29, 0.717) is 24.6 Å². The van der Waals surface area contributed by atoms with Crippen LogP contribution in [0.25, 0.3) is 0 Å². The number of ether oxygens (including phenoxy) is 1. The number of nitrogens with one attached hydrogen (secondary N) is 1. The van der Waals surface area contributed by atoms with Crippen LogP contribution in [0.3, 0.4) is 0 Å². The summed E-state index contributed by atoms with van der Waals surface area (Å²) in [6.07, 6.45) is 1.05. The van der Waals surface area contributed by atoms with E-state index in [0.717, 1.165) is 21.7 Å². The molecule has 0 saturated heterocycles. The number of hydrogen-bond donors (Lipinski definition) is 1. The first-order valence-electron chi connectivity index (χ1n) is 10.9. The molecule has 0 unspecified atom stereocenters. The van der Waals surface area contributed by atoms with Crippen molar-refractivity contribution < 1.29 is 22.7 Å². The molecule has 33 heavy (non-hydrogen) atoms. The summed E-state index contributed by atoms with van der Waals surface area (Å²) in [7, 11) is -3.76. The van der Waals surface area contributed by atoms with E-state index in [-0.39, 0.29) is 12.5 Å².